The topological polar surface area (TPSA) is 38.4 Å². The molecule has 82 valence electrons. The molecule has 2 nitrogen and oxygen atoms in total. The van der Waals surface area contributed by atoms with Gasteiger partial charge in [-0.2, -0.15) is 0 Å². The van der Waals surface area contributed by atoms with Gasteiger partial charge in [0.15, 0.2) is 0 Å². The van der Waals surface area contributed by atoms with Crippen molar-refractivity contribution >= 4 is 5.84 Å². The summed E-state index contributed by atoms with van der Waals surface area (Å²) in [4.78, 5) is 4.58. The largest absolute Gasteiger partial charge is 0.387 e. The molecule has 0 bridgehead atoms. The van der Waals surface area contributed by atoms with Crippen LogP contribution in [0.1, 0.15) is 58.8 Å². The number of nitrogens with two attached hydrogens (primary N) is 1. The molecule has 2 N–H and O–H groups in total. The highest BCUT2D eigenvalue weighted by molar-refractivity contribution is 5.83. The molecule has 0 aliphatic heterocycles. The van der Waals surface area contributed by atoms with Crippen molar-refractivity contribution in [2.45, 2.75) is 64.8 Å². The molecule has 1 aliphatic rings. The highest BCUT2D eigenvalue weighted by Gasteiger charge is 2.17. The van der Waals surface area contributed by atoms with Crippen molar-refractivity contribution < 1.29 is 0 Å². The van der Waals surface area contributed by atoms with Gasteiger partial charge < -0.3 is 5.73 Å². The minimum atomic E-state index is 0.418. The average Bonchev–Trinajstić information content (AvgIpc) is 2.19. The molecule has 14 heavy (non-hydrogen) atoms. The summed E-state index contributed by atoms with van der Waals surface area (Å²) in [5.41, 5.74) is 6.03. The van der Waals surface area contributed by atoms with Gasteiger partial charge in [0.25, 0.3) is 0 Å². The fourth-order valence-corrected chi connectivity index (χ4v) is 2.24. The van der Waals surface area contributed by atoms with Crippen molar-refractivity contribution in [1.82, 2.24) is 0 Å². The van der Waals surface area contributed by atoms with E-state index in [0.29, 0.717) is 12.0 Å². The van der Waals surface area contributed by atoms with E-state index < -0.39 is 0 Å². The fraction of sp³-hybridized carbons (Fsp3) is 0.917. The molecule has 0 aromatic carbocycles. The first-order valence-electron chi connectivity index (χ1n) is 6.07. The summed E-state index contributed by atoms with van der Waals surface area (Å²) in [6.45, 7) is 4.36. The number of nitrogens with zero attached hydrogens (tertiary/aromatic N) is 1. The first-order valence-corrected chi connectivity index (χ1v) is 6.07. The van der Waals surface area contributed by atoms with Gasteiger partial charge in [0.2, 0.25) is 0 Å². The SMILES string of the molecule is CCCC(C)N=C(N)C1CCCCC1. The lowest BCUT2D eigenvalue weighted by Crippen LogP contribution is -2.27. The summed E-state index contributed by atoms with van der Waals surface area (Å²) in [6, 6.07) is 0.418. The van der Waals surface area contributed by atoms with E-state index in [2.05, 4.69) is 18.8 Å². The van der Waals surface area contributed by atoms with Crippen LogP contribution in [0, 0.1) is 5.92 Å². The molecular weight excluding hydrogens is 172 g/mol. The predicted molar refractivity (Wildman–Crippen MR) is 62.6 cm³/mol. The molecule has 1 unspecified atom stereocenters. The van der Waals surface area contributed by atoms with Gasteiger partial charge in [-0.3, -0.25) is 4.99 Å². The molecular formula is C12H24N2. The highest BCUT2D eigenvalue weighted by Crippen LogP contribution is 2.23. The maximum atomic E-state index is 6.03. The van der Waals surface area contributed by atoms with Crippen molar-refractivity contribution in [1.29, 1.82) is 0 Å². The van der Waals surface area contributed by atoms with E-state index in [-0.39, 0.29) is 0 Å². The zero-order chi connectivity index (χ0) is 10.4. The first kappa shape index (κ1) is 11.5. The molecule has 0 amide bonds. The predicted octanol–water partition coefficient (Wildman–Crippen LogP) is 3.11. The van der Waals surface area contributed by atoms with Crippen LogP contribution < -0.4 is 5.73 Å². The van der Waals surface area contributed by atoms with Crippen LogP contribution in [0.2, 0.25) is 0 Å². The average molecular weight is 196 g/mol. The Bertz CT molecular complexity index is 181. The van der Waals surface area contributed by atoms with Crippen molar-refractivity contribution in [3.8, 4) is 0 Å². The molecule has 1 saturated carbocycles. The minimum absolute atomic E-state index is 0.418. The number of aliphatic imine (C=N–C) groups is 1. The molecule has 1 fully saturated rings. The normalized spacial score (nSPS) is 22.3. The Balaban J connectivity index is 2.40. The third-order valence-electron chi connectivity index (χ3n) is 3.10. The smallest absolute Gasteiger partial charge is 0.0971 e. The van der Waals surface area contributed by atoms with Gasteiger partial charge in [0.1, 0.15) is 0 Å². The van der Waals surface area contributed by atoms with Gasteiger partial charge in [-0.25, -0.2) is 0 Å². The van der Waals surface area contributed by atoms with Crippen LogP contribution in [-0.2, 0) is 0 Å². The third kappa shape index (κ3) is 3.69. The van der Waals surface area contributed by atoms with E-state index in [1.54, 1.807) is 0 Å². The standard InChI is InChI=1S/C12H24N2/c1-3-7-10(2)14-12(13)11-8-5-4-6-9-11/h10-11H,3-9H2,1-2H3,(H2,13,14). The van der Waals surface area contributed by atoms with Crippen LogP contribution in [0.25, 0.3) is 0 Å². The molecule has 2 heteroatoms. The molecule has 0 aromatic heterocycles. The zero-order valence-electron chi connectivity index (χ0n) is 9.63. The quantitative estimate of drug-likeness (QED) is 0.544. The summed E-state index contributed by atoms with van der Waals surface area (Å²) in [5.74, 6) is 1.51. The Morgan fingerprint density at radius 3 is 2.57 bits per heavy atom. The second kappa shape index (κ2) is 6.05. The Hall–Kier alpha value is -0.530. The Kier molecular flexibility index (Phi) is 4.99. The van der Waals surface area contributed by atoms with Gasteiger partial charge in [0, 0.05) is 12.0 Å². The lowest BCUT2D eigenvalue weighted by molar-refractivity contribution is 0.435. The maximum absolute atomic E-state index is 6.03. The van der Waals surface area contributed by atoms with Gasteiger partial charge in [-0.05, 0) is 26.2 Å². The van der Waals surface area contributed by atoms with Crippen molar-refractivity contribution in [2.75, 3.05) is 0 Å². The van der Waals surface area contributed by atoms with Gasteiger partial charge >= 0.3 is 0 Å². The van der Waals surface area contributed by atoms with Crippen LogP contribution in [-0.4, -0.2) is 11.9 Å². The van der Waals surface area contributed by atoms with E-state index in [0.717, 1.165) is 12.3 Å². The molecule has 0 heterocycles. The number of hydrogen-bond donors (Lipinski definition) is 1. The third-order valence-corrected chi connectivity index (χ3v) is 3.10. The maximum Gasteiger partial charge on any atom is 0.0971 e. The van der Waals surface area contributed by atoms with E-state index in [4.69, 9.17) is 5.73 Å². The van der Waals surface area contributed by atoms with Crippen molar-refractivity contribution in [3.05, 3.63) is 0 Å². The summed E-state index contributed by atoms with van der Waals surface area (Å²) in [7, 11) is 0. The second-order valence-electron chi connectivity index (χ2n) is 4.53. The Morgan fingerprint density at radius 2 is 2.00 bits per heavy atom. The number of amidine groups is 1. The van der Waals surface area contributed by atoms with E-state index in [1.165, 1.54) is 38.5 Å². The monoisotopic (exact) mass is 196 g/mol. The van der Waals surface area contributed by atoms with Gasteiger partial charge in [0.05, 0.1) is 5.84 Å². The molecule has 1 aliphatic carbocycles. The fourth-order valence-electron chi connectivity index (χ4n) is 2.24. The van der Waals surface area contributed by atoms with Crippen LogP contribution in [0.3, 0.4) is 0 Å². The van der Waals surface area contributed by atoms with Crippen molar-refractivity contribution in [2.24, 2.45) is 16.6 Å². The lowest BCUT2D eigenvalue weighted by Gasteiger charge is -2.21. The lowest BCUT2D eigenvalue weighted by atomic mass is 9.88. The molecule has 0 saturated heterocycles. The Labute approximate surface area is 88.0 Å². The second-order valence-corrected chi connectivity index (χ2v) is 4.53. The van der Waals surface area contributed by atoms with E-state index >= 15 is 0 Å². The van der Waals surface area contributed by atoms with Crippen molar-refractivity contribution in [3.63, 3.8) is 0 Å². The number of rotatable bonds is 4. The highest BCUT2D eigenvalue weighted by atomic mass is 14.9. The van der Waals surface area contributed by atoms with Crippen LogP contribution in [0.5, 0.6) is 0 Å². The Morgan fingerprint density at radius 1 is 1.36 bits per heavy atom. The summed E-state index contributed by atoms with van der Waals surface area (Å²) in [5, 5.41) is 0. The van der Waals surface area contributed by atoms with Gasteiger partial charge in [-0.1, -0.05) is 32.6 Å². The number of hydrogen-bond acceptors (Lipinski definition) is 1. The molecule has 0 radical (unpaired) electrons. The van der Waals surface area contributed by atoms with Crippen LogP contribution in [0.4, 0.5) is 0 Å². The molecule has 1 rings (SSSR count). The summed E-state index contributed by atoms with van der Waals surface area (Å²) in [6.07, 6.45) is 8.93. The summed E-state index contributed by atoms with van der Waals surface area (Å²) >= 11 is 0. The molecule has 1 atom stereocenters. The minimum Gasteiger partial charge on any atom is -0.387 e. The summed E-state index contributed by atoms with van der Waals surface area (Å²) < 4.78 is 0. The van der Waals surface area contributed by atoms with E-state index in [9.17, 15) is 0 Å². The zero-order valence-corrected chi connectivity index (χ0v) is 9.63. The van der Waals surface area contributed by atoms with E-state index in [1.807, 2.05) is 0 Å². The van der Waals surface area contributed by atoms with Crippen LogP contribution in [0.15, 0.2) is 4.99 Å². The molecule has 0 aromatic rings. The van der Waals surface area contributed by atoms with Crippen LogP contribution >= 0.6 is 0 Å². The van der Waals surface area contributed by atoms with Gasteiger partial charge in [-0.15, -0.1) is 0 Å². The first-order chi connectivity index (χ1) is 6.74. The molecule has 0 spiro atoms.